The Hall–Kier alpha value is -0.260. The number of carbonyl (C=O) groups excluding carboxylic acids is 1. The highest BCUT2D eigenvalue weighted by atomic mass is 32.2. The Morgan fingerprint density at radius 3 is 2.89 bits per heavy atom. The second-order valence-corrected chi connectivity index (χ2v) is 6.46. The van der Waals surface area contributed by atoms with Crippen LogP contribution < -0.4 is 5.32 Å². The summed E-state index contributed by atoms with van der Waals surface area (Å²) in [7, 11) is 1.69. The third-order valence-electron chi connectivity index (χ3n) is 3.32. The van der Waals surface area contributed by atoms with E-state index >= 15 is 0 Å². The minimum atomic E-state index is 0.287. The van der Waals surface area contributed by atoms with Crippen molar-refractivity contribution in [1.82, 2.24) is 10.2 Å². The number of carbonyl (C=O) groups is 1. The summed E-state index contributed by atoms with van der Waals surface area (Å²) in [5.41, 5.74) is 0. The first-order valence-electron chi connectivity index (χ1n) is 7.24. The van der Waals surface area contributed by atoms with E-state index in [4.69, 9.17) is 4.74 Å². The van der Waals surface area contributed by atoms with Gasteiger partial charge in [0.2, 0.25) is 5.91 Å². The molecule has 0 spiro atoms. The number of hydrogen-bond acceptors (Lipinski definition) is 4. The van der Waals surface area contributed by atoms with Gasteiger partial charge in [0.05, 0.1) is 6.61 Å². The maximum Gasteiger partial charge on any atom is 0.222 e. The maximum atomic E-state index is 12.3. The van der Waals surface area contributed by atoms with Crippen LogP contribution in [0.3, 0.4) is 0 Å². The van der Waals surface area contributed by atoms with Gasteiger partial charge in [0, 0.05) is 37.9 Å². The lowest BCUT2D eigenvalue weighted by atomic mass is 10.2. The fourth-order valence-electron chi connectivity index (χ4n) is 2.24. The zero-order valence-electron chi connectivity index (χ0n) is 12.5. The van der Waals surface area contributed by atoms with E-state index in [1.807, 2.05) is 16.7 Å². The summed E-state index contributed by atoms with van der Waals surface area (Å²) in [6.07, 6.45) is 2.69. The molecule has 0 bridgehead atoms. The van der Waals surface area contributed by atoms with Crippen LogP contribution in [-0.2, 0) is 9.53 Å². The number of nitrogens with one attached hydrogen (secondary N) is 1. The number of amides is 1. The number of nitrogens with zero attached hydrogens (tertiary/aromatic N) is 1. The van der Waals surface area contributed by atoms with Crippen LogP contribution in [0, 0.1) is 0 Å². The van der Waals surface area contributed by atoms with E-state index in [-0.39, 0.29) is 5.91 Å². The third-order valence-corrected chi connectivity index (χ3v) is 4.47. The molecule has 1 heterocycles. The number of thioether (sulfide) groups is 1. The molecule has 1 amide bonds. The van der Waals surface area contributed by atoms with Gasteiger partial charge in [-0.15, -0.1) is 0 Å². The average Bonchev–Trinajstić information content (AvgIpc) is 2.88. The third kappa shape index (κ3) is 6.63. The largest absolute Gasteiger partial charge is 0.383 e. The smallest absolute Gasteiger partial charge is 0.222 e. The average molecular weight is 288 g/mol. The molecule has 1 N–H and O–H groups in total. The molecule has 19 heavy (non-hydrogen) atoms. The quantitative estimate of drug-likeness (QED) is 0.656. The van der Waals surface area contributed by atoms with Crippen molar-refractivity contribution in [3.8, 4) is 0 Å². The lowest BCUT2D eigenvalue weighted by Crippen LogP contribution is -2.42. The van der Waals surface area contributed by atoms with Gasteiger partial charge >= 0.3 is 0 Å². The summed E-state index contributed by atoms with van der Waals surface area (Å²) < 4.78 is 5.13. The molecule has 1 saturated heterocycles. The molecule has 0 saturated carbocycles. The van der Waals surface area contributed by atoms with Gasteiger partial charge in [-0.2, -0.15) is 11.8 Å². The van der Waals surface area contributed by atoms with Gasteiger partial charge in [-0.25, -0.2) is 0 Å². The first-order valence-corrected chi connectivity index (χ1v) is 8.40. The van der Waals surface area contributed by atoms with Crippen LogP contribution in [0.25, 0.3) is 0 Å². The van der Waals surface area contributed by atoms with Crippen molar-refractivity contribution in [2.45, 2.75) is 45.2 Å². The second kappa shape index (κ2) is 9.61. The lowest BCUT2D eigenvalue weighted by Gasteiger charge is -2.28. The van der Waals surface area contributed by atoms with Gasteiger partial charge in [0.15, 0.2) is 0 Å². The fourth-order valence-corrected chi connectivity index (χ4v) is 3.47. The van der Waals surface area contributed by atoms with Crippen LogP contribution in [0.5, 0.6) is 0 Å². The van der Waals surface area contributed by atoms with Crippen LogP contribution in [-0.4, -0.2) is 61.2 Å². The van der Waals surface area contributed by atoms with E-state index in [2.05, 4.69) is 19.2 Å². The normalized spacial score (nSPS) is 19.1. The summed E-state index contributed by atoms with van der Waals surface area (Å²) in [5, 5.41) is 3.35. The number of methoxy groups -OCH3 is 1. The predicted octanol–water partition coefficient (Wildman–Crippen LogP) is 1.75. The molecule has 112 valence electrons. The van der Waals surface area contributed by atoms with E-state index in [9.17, 15) is 4.79 Å². The highest BCUT2D eigenvalue weighted by molar-refractivity contribution is 7.99. The minimum absolute atomic E-state index is 0.287. The van der Waals surface area contributed by atoms with Crippen LogP contribution in [0.15, 0.2) is 0 Å². The molecule has 0 aromatic rings. The lowest BCUT2D eigenvalue weighted by molar-refractivity contribution is -0.133. The van der Waals surface area contributed by atoms with Crippen molar-refractivity contribution >= 4 is 17.7 Å². The minimum Gasteiger partial charge on any atom is -0.383 e. The molecule has 5 heteroatoms. The predicted molar refractivity (Wildman–Crippen MR) is 81.7 cm³/mol. The van der Waals surface area contributed by atoms with Crippen LogP contribution in [0.2, 0.25) is 0 Å². The second-order valence-electron chi connectivity index (χ2n) is 5.31. The Balaban J connectivity index is 2.33. The number of hydrogen-bond donors (Lipinski definition) is 1. The summed E-state index contributed by atoms with van der Waals surface area (Å²) in [4.78, 5) is 14.4. The molecule has 1 aliphatic heterocycles. The molecule has 4 nitrogen and oxygen atoms in total. The zero-order valence-corrected chi connectivity index (χ0v) is 13.3. The Labute approximate surface area is 121 Å². The van der Waals surface area contributed by atoms with E-state index in [0.717, 1.165) is 31.7 Å². The van der Waals surface area contributed by atoms with Crippen LogP contribution in [0.4, 0.5) is 0 Å². The highest BCUT2D eigenvalue weighted by Gasteiger charge is 2.26. The zero-order chi connectivity index (χ0) is 14.1. The van der Waals surface area contributed by atoms with Crippen molar-refractivity contribution in [2.24, 2.45) is 0 Å². The summed E-state index contributed by atoms with van der Waals surface area (Å²) >= 11 is 1.95. The molecule has 0 aromatic heterocycles. The van der Waals surface area contributed by atoms with Crippen molar-refractivity contribution in [3.05, 3.63) is 0 Å². The fraction of sp³-hybridized carbons (Fsp3) is 0.929. The summed E-state index contributed by atoms with van der Waals surface area (Å²) in [5.74, 6) is 2.55. The highest BCUT2D eigenvalue weighted by Crippen LogP contribution is 2.23. The van der Waals surface area contributed by atoms with E-state index in [1.54, 1.807) is 7.11 Å². The Morgan fingerprint density at radius 2 is 2.32 bits per heavy atom. The van der Waals surface area contributed by atoms with Crippen LogP contribution >= 0.6 is 11.8 Å². The Bertz CT molecular complexity index is 256. The first kappa shape index (κ1) is 16.8. The Kier molecular flexibility index (Phi) is 8.50. The van der Waals surface area contributed by atoms with Gasteiger partial charge in [-0.05, 0) is 25.1 Å². The maximum absolute atomic E-state index is 12.3. The van der Waals surface area contributed by atoms with Gasteiger partial charge in [-0.1, -0.05) is 13.8 Å². The monoisotopic (exact) mass is 288 g/mol. The van der Waals surface area contributed by atoms with Gasteiger partial charge in [0.1, 0.15) is 0 Å². The molecule has 0 aliphatic carbocycles. The van der Waals surface area contributed by atoms with Crippen molar-refractivity contribution in [3.63, 3.8) is 0 Å². The van der Waals surface area contributed by atoms with E-state index < -0.39 is 0 Å². The van der Waals surface area contributed by atoms with Crippen LogP contribution in [0.1, 0.15) is 33.1 Å². The molecule has 0 aromatic carbocycles. The molecule has 1 fully saturated rings. The first-order chi connectivity index (χ1) is 9.15. The van der Waals surface area contributed by atoms with Crippen molar-refractivity contribution < 1.29 is 9.53 Å². The topological polar surface area (TPSA) is 41.6 Å². The summed E-state index contributed by atoms with van der Waals surface area (Å²) in [6, 6.07) is 0.914. The molecule has 0 radical (unpaired) electrons. The summed E-state index contributed by atoms with van der Waals surface area (Å²) in [6.45, 7) is 6.54. The molecule has 1 atom stereocenters. The van der Waals surface area contributed by atoms with Crippen molar-refractivity contribution in [2.75, 3.05) is 38.3 Å². The molecule has 1 aliphatic rings. The van der Waals surface area contributed by atoms with E-state index in [1.165, 1.54) is 5.75 Å². The number of rotatable bonds is 9. The van der Waals surface area contributed by atoms with E-state index in [0.29, 0.717) is 25.1 Å². The standard InChI is InChI=1S/C14H28N2O2S/c1-12(2)15-7-4-5-14(17)16(8-9-18-3)13-6-10-19-11-13/h12-13,15H,4-11H2,1-3H3. The Morgan fingerprint density at radius 1 is 1.53 bits per heavy atom. The molecule has 1 unspecified atom stereocenters. The molecular weight excluding hydrogens is 260 g/mol. The van der Waals surface area contributed by atoms with Crippen molar-refractivity contribution in [1.29, 1.82) is 0 Å². The van der Waals surface area contributed by atoms with Gasteiger partial charge < -0.3 is 15.0 Å². The van der Waals surface area contributed by atoms with Gasteiger partial charge in [0.25, 0.3) is 0 Å². The molecule has 1 rings (SSSR count). The van der Waals surface area contributed by atoms with Gasteiger partial charge in [-0.3, -0.25) is 4.79 Å². The SMILES string of the molecule is COCCN(C(=O)CCCNC(C)C)C1CCSC1. The number of ether oxygens (including phenoxy) is 1. The molecular formula is C14H28N2O2S.